The monoisotopic (exact) mass is 278 g/mol. The second-order valence-corrected chi connectivity index (χ2v) is 6.12. The molecule has 0 spiro atoms. The van der Waals surface area contributed by atoms with E-state index in [1.807, 2.05) is 25.1 Å². The summed E-state index contributed by atoms with van der Waals surface area (Å²) < 4.78 is 5.77. The Labute approximate surface area is 119 Å². The van der Waals surface area contributed by atoms with Crippen LogP contribution in [0.1, 0.15) is 32.2 Å². The fourth-order valence-corrected chi connectivity index (χ4v) is 1.89. The first-order chi connectivity index (χ1) is 8.85. The van der Waals surface area contributed by atoms with Gasteiger partial charge in [-0.05, 0) is 45.4 Å². The highest BCUT2D eigenvalue weighted by atomic mass is 35.5. The molecule has 4 heteroatoms. The molecule has 3 nitrogen and oxygen atoms in total. The normalized spacial score (nSPS) is 11.8. The van der Waals surface area contributed by atoms with Crippen molar-refractivity contribution in [1.29, 1.82) is 0 Å². The van der Waals surface area contributed by atoms with Gasteiger partial charge in [0.25, 0.3) is 0 Å². The maximum Gasteiger partial charge on any atom is 0.208 e. The van der Waals surface area contributed by atoms with Crippen LogP contribution in [0.15, 0.2) is 28.8 Å². The predicted octanol–water partition coefficient (Wildman–Crippen LogP) is 4.19. The van der Waals surface area contributed by atoms with Crippen molar-refractivity contribution in [2.24, 2.45) is 0 Å². The summed E-state index contributed by atoms with van der Waals surface area (Å²) in [6.45, 7) is 8.97. The maximum absolute atomic E-state index is 6.02. The number of nitrogens with zero attached hydrogens (tertiary/aromatic N) is 1. The molecular formula is C15H19ClN2O. The van der Waals surface area contributed by atoms with Gasteiger partial charge in [0, 0.05) is 16.1 Å². The Morgan fingerprint density at radius 1 is 1.32 bits per heavy atom. The van der Waals surface area contributed by atoms with E-state index in [1.165, 1.54) is 0 Å². The molecule has 0 unspecified atom stereocenters. The van der Waals surface area contributed by atoms with E-state index in [1.54, 1.807) is 6.20 Å². The summed E-state index contributed by atoms with van der Waals surface area (Å²) in [5, 5.41) is 4.05. The Bertz CT molecular complexity index is 570. The molecule has 0 amide bonds. The Morgan fingerprint density at radius 3 is 2.74 bits per heavy atom. The van der Waals surface area contributed by atoms with Gasteiger partial charge in [0.15, 0.2) is 5.76 Å². The first-order valence-corrected chi connectivity index (χ1v) is 6.69. The SMILES string of the molecule is Cc1ccc(Cl)cc1-c1cnc(CNC(C)(C)C)o1. The Hall–Kier alpha value is -1.32. The number of oxazole rings is 1. The molecule has 19 heavy (non-hydrogen) atoms. The fraction of sp³-hybridized carbons (Fsp3) is 0.400. The molecule has 0 saturated carbocycles. The zero-order chi connectivity index (χ0) is 14.0. The Balaban J connectivity index is 2.19. The van der Waals surface area contributed by atoms with Gasteiger partial charge in [-0.1, -0.05) is 17.7 Å². The molecule has 2 rings (SSSR count). The number of hydrogen-bond donors (Lipinski definition) is 1. The van der Waals surface area contributed by atoms with Gasteiger partial charge >= 0.3 is 0 Å². The van der Waals surface area contributed by atoms with Crippen molar-refractivity contribution < 1.29 is 4.42 Å². The average molecular weight is 279 g/mol. The lowest BCUT2D eigenvalue weighted by atomic mass is 10.1. The van der Waals surface area contributed by atoms with E-state index >= 15 is 0 Å². The van der Waals surface area contributed by atoms with Crippen LogP contribution in [0.5, 0.6) is 0 Å². The summed E-state index contributed by atoms with van der Waals surface area (Å²) >= 11 is 6.02. The minimum atomic E-state index is 0.0423. The van der Waals surface area contributed by atoms with Gasteiger partial charge in [-0.25, -0.2) is 4.98 Å². The van der Waals surface area contributed by atoms with Crippen molar-refractivity contribution >= 4 is 11.6 Å². The van der Waals surface area contributed by atoms with E-state index in [0.717, 1.165) is 16.9 Å². The largest absolute Gasteiger partial charge is 0.439 e. The number of rotatable bonds is 3. The molecule has 0 saturated heterocycles. The van der Waals surface area contributed by atoms with Crippen LogP contribution in [0, 0.1) is 6.92 Å². The highest BCUT2D eigenvalue weighted by Crippen LogP contribution is 2.27. The van der Waals surface area contributed by atoms with Crippen LogP contribution in [-0.2, 0) is 6.54 Å². The highest BCUT2D eigenvalue weighted by Gasteiger charge is 2.13. The van der Waals surface area contributed by atoms with Crippen LogP contribution >= 0.6 is 11.6 Å². The molecule has 1 aromatic heterocycles. The molecule has 1 heterocycles. The standard InChI is InChI=1S/C15H19ClN2O/c1-10-5-6-11(16)7-12(10)13-8-17-14(19-13)9-18-15(2,3)4/h5-8,18H,9H2,1-4H3. The first kappa shape index (κ1) is 14.1. The molecule has 0 aliphatic heterocycles. The minimum Gasteiger partial charge on any atom is -0.439 e. The molecule has 1 aromatic carbocycles. The Kier molecular flexibility index (Phi) is 3.97. The second kappa shape index (κ2) is 5.35. The van der Waals surface area contributed by atoms with Crippen LogP contribution in [0.2, 0.25) is 5.02 Å². The van der Waals surface area contributed by atoms with E-state index in [4.69, 9.17) is 16.0 Å². The van der Waals surface area contributed by atoms with Gasteiger partial charge in [-0.3, -0.25) is 0 Å². The van der Waals surface area contributed by atoms with Gasteiger partial charge in [0.2, 0.25) is 5.89 Å². The molecule has 0 fully saturated rings. The van der Waals surface area contributed by atoms with Crippen molar-refractivity contribution in [3.05, 3.63) is 40.9 Å². The van der Waals surface area contributed by atoms with E-state index in [-0.39, 0.29) is 5.54 Å². The molecule has 0 aliphatic carbocycles. The molecule has 0 aliphatic rings. The van der Waals surface area contributed by atoms with Crippen molar-refractivity contribution in [3.8, 4) is 11.3 Å². The number of benzene rings is 1. The minimum absolute atomic E-state index is 0.0423. The number of hydrogen-bond acceptors (Lipinski definition) is 3. The van der Waals surface area contributed by atoms with Crippen molar-refractivity contribution in [2.75, 3.05) is 0 Å². The van der Waals surface area contributed by atoms with Crippen molar-refractivity contribution in [2.45, 2.75) is 39.8 Å². The molecule has 0 atom stereocenters. The van der Waals surface area contributed by atoms with Gasteiger partial charge in [-0.15, -0.1) is 0 Å². The molecule has 0 bridgehead atoms. The predicted molar refractivity (Wildman–Crippen MR) is 78.3 cm³/mol. The number of halogens is 1. The summed E-state index contributed by atoms with van der Waals surface area (Å²) in [5.41, 5.74) is 2.15. The van der Waals surface area contributed by atoms with Gasteiger partial charge in [0.05, 0.1) is 12.7 Å². The van der Waals surface area contributed by atoms with Gasteiger partial charge < -0.3 is 9.73 Å². The van der Waals surface area contributed by atoms with Crippen LogP contribution in [0.4, 0.5) is 0 Å². The molecule has 102 valence electrons. The summed E-state index contributed by atoms with van der Waals surface area (Å²) in [6, 6.07) is 5.75. The lowest BCUT2D eigenvalue weighted by Crippen LogP contribution is -2.35. The topological polar surface area (TPSA) is 38.1 Å². The molecule has 0 radical (unpaired) electrons. The van der Waals surface area contributed by atoms with Crippen LogP contribution in [-0.4, -0.2) is 10.5 Å². The van der Waals surface area contributed by atoms with Crippen LogP contribution in [0.3, 0.4) is 0 Å². The summed E-state index contributed by atoms with van der Waals surface area (Å²) in [6.07, 6.45) is 1.75. The molecule has 1 N–H and O–H groups in total. The summed E-state index contributed by atoms with van der Waals surface area (Å²) in [7, 11) is 0. The quantitative estimate of drug-likeness (QED) is 0.915. The van der Waals surface area contributed by atoms with E-state index in [9.17, 15) is 0 Å². The number of nitrogens with one attached hydrogen (secondary N) is 1. The van der Waals surface area contributed by atoms with E-state index in [0.29, 0.717) is 17.5 Å². The third-order valence-corrected chi connectivity index (χ3v) is 3.02. The summed E-state index contributed by atoms with van der Waals surface area (Å²) in [4.78, 5) is 4.29. The summed E-state index contributed by atoms with van der Waals surface area (Å²) in [5.74, 6) is 1.44. The average Bonchev–Trinajstić information content (AvgIpc) is 2.77. The third-order valence-electron chi connectivity index (χ3n) is 2.79. The number of aryl methyl sites for hydroxylation is 1. The molecule has 2 aromatic rings. The first-order valence-electron chi connectivity index (χ1n) is 6.31. The third kappa shape index (κ3) is 3.82. The lowest BCUT2D eigenvalue weighted by Gasteiger charge is -2.18. The molecular weight excluding hydrogens is 260 g/mol. The van der Waals surface area contributed by atoms with E-state index < -0.39 is 0 Å². The lowest BCUT2D eigenvalue weighted by molar-refractivity contribution is 0.383. The number of aromatic nitrogens is 1. The second-order valence-electron chi connectivity index (χ2n) is 5.68. The maximum atomic E-state index is 6.02. The zero-order valence-electron chi connectivity index (χ0n) is 11.7. The Morgan fingerprint density at radius 2 is 2.05 bits per heavy atom. The van der Waals surface area contributed by atoms with Gasteiger partial charge in [0.1, 0.15) is 0 Å². The smallest absolute Gasteiger partial charge is 0.208 e. The van der Waals surface area contributed by atoms with Crippen molar-refractivity contribution in [3.63, 3.8) is 0 Å². The van der Waals surface area contributed by atoms with Crippen LogP contribution in [0.25, 0.3) is 11.3 Å². The van der Waals surface area contributed by atoms with Crippen LogP contribution < -0.4 is 5.32 Å². The highest BCUT2D eigenvalue weighted by molar-refractivity contribution is 6.30. The fourth-order valence-electron chi connectivity index (χ4n) is 1.72. The van der Waals surface area contributed by atoms with E-state index in [2.05, 4.69) is 31.1 Å². The van der Waals surface area contributed by atoms with Crippen molar-refractivity contribution in [1.82, 2.24) is 10.3 Å². The zero-order valence-corrected chi connectivity index (χ0v) is 12.5. The van der Waals surface area contributed by atoms with Gasteiger partial charge in [-0.2, -0.15) is 0 Å².